The van der Waals surface area contributed by atoms with E-state index in [1.807, 2.05) is 0 Å². The number of nitriles is 1. The molecule has 0 aliphatic carbocycles. The first-order chi connectivity index (χ1) is 3.93. The van der Waals surface area contributed by atoms with Crippen molar-refractivity contribution in [3.05, 3.63) is 0 Å². The van der Waals surface area contributed by atoms with Crippen LogP contribution in [0.4, 0.5) is 0 Å². The number of hydrogen-bond acceptors (Lipinski definition) is 2. The van der Waals surface area contributed by atoms with Crippen LogP contribution in [0.2, 0.25) is 0 Å². The van der Waals surface area contributed by atoms with Gasteiger partial charge in [0.2, 0.25) is 0 Å². The predicted octanol–water partition coefficient (Wildman–Crippen LogP) is 0.510. The number of rotatable bonds is 0. The zero-order valence-electron chi connectivity index (χ0n) is 4.85. The summed E-state index contributed by atoms with van der Waals surface area (Å²) in [6.45, 7) is 1.99. The van der Waals surface area contributed by atoms with Crippen LogP contribution in [0.15, 0.2) is 0 Å². The Bertz CT molecular complexity index is 97.6. The summed E-state index contributed by atoms with van der Waals surface area (Å²) >= 11 is 0. The molecule has 1 N–H and O–H groups in total. The predicted molar refractivity (Wildman–Crippen MR) is 31.2 cm³/mol. The van der Waals surface area contributed by atoms with Crippen LogP contribution in [0.5, 0.6) is 0 Å². The van der Waals surface area contributed by atoms with Crippen LogP contribution in [-0.4, -0.2) is 13.1 Å². The summed E-state index contributed by atoms with van der Waals surface area (Å²) < 4.78 is 0. The topological polar surface area (TPSA) is 35.8 Å². The molecule has 2 heteroatoms. The Labute approximate surface area is 49.5 Å². The quantitative estimate of drug-likeness (QED) is 0.493. The van der Waals surface area contributed by atoms with Crippen molar-refractivity contribution >= 4 is 0 Å². The molecule has 8 heavy (non-hydrogen) atoms. The van der Waals surface area contributed by atoms with Crippen molar-refractivity contribution in [3.63, 3.8) is 0 Å². The molecule has 0 spiro atoms. The van der Waals surface area contributed by atoms with E-state index in [0.717, 1.165) is 25.9 Å². The lowest BCUT2D eigenvalue weighted by Crippen LogP contribution is -2.28. The van der Waals surface area contributed by atoms with Gasteiger partial charge in [0.1, 0.15) is 0 Å². The summed E-state index contributed by atoms with van der Waals surface area (Å²) in [7, 11) is 0. The minimum atomic E-state index is 0.281. The van der Waals surface area contributed by atoms with Gasteiger partial charge in [-0.05, 0) is 19.4 Å². The highest BCUT2D eigenvalue weighted by Crippen LogP contribution is 2.06. The van der Waals surface area contributed by atoms with E-state index in [4.69, 9.17) is 5.26 Å². The van der Waals surface area contributed by atoms with E-state index in [1.54, 1.807) is 0 Å². The fraction of sp³-hybridized carbons (Fsp3) is 0.833. The van der Waals surface area contributed by atoms with E-state index < -0.39 is 0 Å². The van der Waals surface area contributed by atoms with Crippen LogP contribution in [0.1, 0.15) is 12.8 Å². The van der Waals surface area contributed by atoms with E-state index in [9.17, 15) is 0 Å². The molecule has 0 aromatic heterocycles. The molecule has 1 rings (SSSR count). The first-order valence-corrected chi connectivity index (χ1v) is 3.04. The van der Waals surface area contributed by atoms with Crippen LogP contribution in [0.3, 0.4) is 0 Å². The summed E-state index contributed by atoms with van der Waals surface area (Å²) in [4.78, 5) is 0. The molecule has 1 aliphatic heterocycles. The SMILES string of the molecule is N#CC1CCCNC1. The molecule has 1 aliphatic rings. The van der Waals surface area contributed by atoms with Crippen LogP contribution in [0, 0.1) is 17.2 Å². The van der Waals surface area contributed by atoms with Gasteiger partial charge in [-0.2, -0.15) is 5.26 Å². The summed E-state index contributed by atoms with van der Waals surface area (Å²) in [5.41, 5.74) is 0. The Hall–Kier alpha value is -0.550. The maximum atomic E-state index is 8.40. The van der Waals surface area contributed by atoms with Gasteiger partial charge in [-0.25, -0.2) is 0 Å². The summed E-state index contributed by atoms with van der Waals surface area (Å²) in [5, 5.41) is 11.6. The van der Waals surface area contributed by atoms with Crippen molar-refractivity contribution in [2.45, 2.75) is 12.8 Å². The van der Waals surface area contributed by atoms with E-state index in [0.29, 0.717) is 0 Å². The highest BCUT2D eigenvalue weighted by Gasteiger charge is 2.09. The van der Waals surface area contributed by atoms with Crippen molar-refractivity contribution in [2.75, 3.05) is 13.1 Å². The van der Waals surface area contributed by atoms with Gasteiger partial charge in [0, 0.05) is 6.54 Å². The molecular formula is C6H10N2. The van der Waals surface area contributed by atoms with Crippen LogP contribution >= 0.6 is 0 Å². The largest absolute Gasteiger partial charge is 0.315 e. The van der Waals surface area contributed by atoms with Crippen molar-refractivity contribution in [1.82, 2.24) is 5.32 Å². The van der Waals surface area contributed by atoms with Crippen LogP contribution < -0.4 is 5.32 Å². The normalized spacial score (nSPS) is 29.1. The third kappa shape index (κ3) is 1.21. The minimum absolute atomic E-state index is 0.281. The molecule has 1 fully saturated rings. The second-order valence-corrected chi connectivity index (χ2v) is 2.17. The highest BCUT2D eigenvalue weighted by molar-refractivity contribution is 4.86. The van der Waals surface area contributed by atoms with E-state index >= 15 is 0 Å². The second kappa shape index (κ2) is 2.68. The molecule has 1 unspecified atom stereocenters. The number of piperidine rings is 1. The number of nitrogens with one attached hydrogen (secondary N) is 1. The molecule has 1 saturated heterocycles. The monoisotopic (exact) mass is 110 g/mol. The first-order valence-electron chi connectivity index (χ1n) is 3.04. The van der Waals surface area contributed by atoms with E-state index in [-0.39, 0.29) is 5.92 Å². The maximum absolute atomic E-state index is 8.40. The van der Waals surface area contributed by atoms with Crippen LogP contribution in [-0.2, 0) is 0 Å². The Balaban J connectivity index is 2.25. The Morgan fingerprint density at radius 3 is 2.88 bits per heavy atom. The van der Waals surface area contributed by atoms with Gasteiger partial charge < -0.3 is 5.32 Å². The van der Waals surface area contributed by atoms with E-state index in [2.05, 4.69) is 11.4 Å². The third-order valence-corrected chi connectivity index (χ3v) is 1.48. The van der Waals surface area contributed by atoms with Gasteiger partial charge in [0.05, 0.1) is 12.0 Å². The minimum Gasteiger partial charge on any atom is -0.315 e. The van der Waals surface area contributed by atoms with Gasteiger partial charge >= 0.3 is 0 Å². The zero-order chi connectivity index (χ0) is 5.82. The zero-order valence-corrected chi connectivity index (χ0v) is 4.85. The lowest BCUT2D eigenvalue weighted by atomic mass is 10.0. The fourth-order valence-electron chi connectivity index (χ4n) is 0.962. The molecule has 0 aromatic carbocycles. The average Bonchev–Trinajstić information content (AvgIpc) is 1.90. The van der Waals surface area contributed by atoms with Gasteiger partial charge in [-0.3, -0.25) is 0 Å². The maximum Gasteiger partial charge on any atom is 0.0669 e. The standard InChI is InChI=1S/C6H10N2/c7-4-6-2-1-3-8-5-6/h6,8H,1-3,5H2. The number of hydrogen-bond donors (Lipinski definition) is 1. The smallest absolute Gasteiger partial charge is 0.0669 e. The van der Waals surface area contributed by atoms with Crippen molar-refractivity contribution in [3.8, 4) is 6.07 Å². The first kappa shape index (κ1) is 5.58. The van der Waals surface area contributed by atoms with Gasteiger partial charge in [-0.15, -0.1) is 0 Å². The van der Waals surface area contributed by atoms with Crippen molar-refractivity contribution in [2.24, 2.45) is 5.92 Å². The molecule has 0 radical (unpaired) electrons. The Morgan fingerprint density at radius 1 is 1.62 bits per heavy atom. The van der Waals surface area contributed by atoms with Crippen LogP contribution in [0.25, 0.3) is 0 Å². The summed E-state index contributed by atoms with van der Waals surface area (Å²) in [6, 6.07) is 2.24. The highest BCUT2D eigenvalue weighted by atomic mass is 14.9. The third-order valence-electron chi connectivity index (χ3n) is 1.48. The van der Waals surface area contributed by atoms with Crippen molar-refractivity contribution in [1.29, 1.82) is 5.26 Å². The number of nitrogens with zero attached hydrogens (tertiary/aromatic N) is 1. The molecule has 0 saturated carbocycles. The van der Waals surface area contributed by atoms with Gasteiger partial charge in [0.25, 0.3) is 0 Å². The lowest BCUT2D eigenvalue weighted by Gasteiger charge is -2.15. The molecule has 1 heterocycles. The molecule has 0 amide bonds. The fourth-order valence-corrected chi connectivity index (χ4v) is 0.962. The summed E-state index contributed by atoms with van der Waals surface area (Å²) in [5.74, 6) is 0.281. The average molecular weight is 110 g/mol. The molecule has 44 valence electrons. The molecular weight excluding hydrogens is 100 g/mol. The Morgan fingerprint density at radius 2 is 2.50 bits per heavy atom. The lowest BCUT2D eigenvalue weighted by molar-refractivity contribution is 0.446. The van der Waals surface area contributed by atoms with Crippen molar-refractivity contribution < 1.29 is 0 Å². The molecule has 0 aromatic rings. The van der Waals surface area contributed by atoms with E-state index in [1.165, 1.54) is 0 Å². The Kier molecular flexibility index (Phi) is 1.87. The van der Waals surface area contributed by atoms with Gasteiger partial charge in [0.15, 0.2) is 0 Å². The summed E-state index contributed by atoms with van der Waals surface area (Å²) in [6.07, 6.45) is 2.25. The molecule has 0 bridgehead atoms. The second-order valence-electron chi connectivity index (χ2n) is 2.17. The molecule has 2 nitrogen and oxygen atoms in total. The van der Waals surface area contributed by atoms with Gasteiger partial charge in [-0.1, -0.05) is 0 Å². The molecule has 1 atom stereocenters.